The highest BCUT2D eigenvalue weighted by Gasteiger charge is 2.32. The zero-order valence-electron chi connectivity index (χ0n) is 12.2. The molecule has 1 aliphatic carbocycles. The summed E-state index contributed by atoms with van der Waals surface area (Å²) in [5.41, 5.74) is 2.10. The van der Waals surface area contributed by atoms with E-state index in [2.05, 4.69) is 10.6 Å². The standard InChI is InChI=1S/C16H22N2O3/c1-10(14-7-4-8-21-14)17-16(20)18-15-12-6-3-2-5-11(12)9-13(15)19/h2-3,5-6,10,13-15,19H,4,7-9H2,1H3,(H2,17,18,20)/t10?,13-,14?,15+/m0/s1. The lowest BCUT2D eigenvalue weighted by Gasteiger charge is -2.23. The Bertz CT molecular complexity index is 514. The Labute approximate surface area is 124 Å². The van der Waals surface area contributed by atoms with Crippen molar-refractivity contribution >= 4 is 6.03 Å². The second-order valence-corrected chi connectivity index (χ2v) is 5.91. The Morgan fingerprint density at radius 1 is 1.43 bits per heavy atom. The van der Waals surface area contributed by atoms with Crippen molar-refractivity contribution in [1.29, 1.82) is 0 Å². The maximum absolute atomic E-state index is 12.1. The molecule has 0 radical (unpaired) electrons. The van der Waals surface area contributed by atoms with Gasteiger partial charge in [-0.1, -0.05) is 24.3 Å². The van der Waals surface area contributed by atoms with E-state index in [1.54, 1.807) is 0 Å². The molecule has 5 nitrogen and oxygen atoms in total. The maximum Gasteiger partial charge on any atom is 0.315 e. The number of urea groups is 1. The van der Waals surface area contributed by atoms with Crippen LogP contribution in [0.25, 0.3) is 0 Å². The minimum Gasteiger partial charge on any atom is -0.390 e. The highest BCUT2D eigenvalue weighted by atomic mass is 16.5. The van der Waals surface area contributed by atoms with Gasteiger partial charge in [0, 0.05) is 13.0 Å². The molecule has 1 saturated heterocycles. The van der Waals surface area contributed by atoms with Gasteiger partial charge in [0.2, 0.25) is 0 Å². The average Bonchev–Trinajstić information content (AvgIpc) is 3.08. The van der Waals surface area contributed by atoms with Gasteiger partial charge in [-0.15, -0.1) is 0 Å². The molecule has 1 aromatic carbocycles. The van der Waals surface area contributed by atoms with Crippen molar-refractivity contribution in [3.63, 3.8) is 0 Å². The number of amides is 2. The lowest BCUT2D eigenvalue weighted by atomic mass is 10.1. The molecule has 0 saturated carbocycles. The first-order valence-electron chi connectivity index (χ1n) is 7.59. The van der Waals surface area contributed by atoms with E-state index < -0.39 is 6.10 Å². The summed E-state index contributed by atoms with van der Waals surface area (Å²) in [5.74, 6) is 0. The molecule has 21 heavy (non-hydrogen) atoms. The molecular formula is C16H22N2O3. The Morgan fingerprint density at radius 2 is 2.24 bits per heavy atom. The van der Waals surface area contributed by atoms with Crippen LogP contribution in [-0.2, 0) is 11.2 Å². The second kappa shape index (κ2) is 6.03. The van der Waals surface area contributed by atoms with Gasteiger partial charge in [-0.25, -0.2) is 4.79 Å². The molecule has 1 aromatic rings. The van der Waals surface area contributed by atoms with Gasteiger partial charge in [0.25, 0.3) is 0 Å². The number of nitrogens with one attached hydrogen (secondary N) is 2. The van der Waals surface area contributed by atoms with E-state index in [-0.39, 0.29) is 24.2 Å². The number of ether oxygens (including phenoxy) is 1. The number of aliphatic hydroxyl groups excluding tert-OH is 1. The molecule has 2 amide bonds. The summed E-state index contributed by atoms with van der Waals surface area (Å²) in [6.07, 6.45) is 2.15. The van der Waals surface area contributed by atoms with Crippen LogP contribution in [0.1, 0.15) is 36.9 Å². The van der Waals surface area contributed by atoms with E-state index in [1.807, 2.05) is 31.2 Å². The minimum atomic E-state index is -0.564. The van der Waals surface area contributed by atoms with Crippen LogP contribution in [-0.4, -0.2) is 36.0 Å². The highest BCUT2D eigenvalue weighted by molar-refractivity contribution is 5.75. The predicted molar refractivity (Wildman–Crippen MR) is 79.0 cm³/mol. The van der Waals surface area contributed by atoms with Crippen LogP contribution in [0.15, 0.2) is 24.3 Å². The Hall–Kier alpha value is -1.59. The Balaban J connectivity index is 1.59. The third-order valence-corrected chi connectivity index (χ3v) is 4.37. The molecule has 3 N–H and O–H groups in total. The van der Waals surface area contributed by atoms with Gasteiger partial charge in [0.05, 0.1) is 24.3 Å². The van der Waals surface area contributed by atoms with E-state index in [1.165, 1.54) is 0 Å². The van der Waals surface area contributed by atoms with Crippen LogP contribution in [0.3, 0.4) is 0 Å². The fraction of sp³-hybridized carbons (Fsp3) is 0.562. The van der Waals surface area contributed by atoms with E-state index in [9.17, 15) is 9.90 Å². The summed E-state index contributed by atoms with van der Waals surface area (Å²) in [7, 11) is 0. The zero-order chi connectivity index (χ0) is 14.8. The number of carbonyl (C=O) groups excluding carboxylic acids is 1. The average molecular weight is 290 g/mol. The van der Waals surface area contributed by atoms with Gasteiger partial charge < -0.3 is 20.5 Å². The summed E-state index contributed by atoms with van der Waals surface area (Å²) in [4.78, 5) is 12.1. The summed E-state index contributed by atoms with van der Waals surface area (Å²) >= 11 is 0. The second-order valence-electron chi connectivity index (χ2n) is 5.91. The number of rotatable bonds is 3. The summed E-state index contributed by atoms with van der Waals surface area (Å²) < 4.78 is 5.57. The van der Waals surface area contributed by atoms with Gasteiger partial charge in [-0.2, -0.15) is 0 Å². The number of aliphatic hydroxyl groups is 1. The fourth-order valence-corrected chi connectivity index (χ4v) is 3.23. The third-order valence-electron chi connectivity index (χ3n) is 4.37. The SMILES string of the molecule is CC(NC(=O)N[C@@H]1c2ccccc2C[C@@H]1O)C1CCCO1. The molecule has 5 heteroatoms. The van der Waals surface area contributed by atoms with Gasteiger partial charge in [0.1, 0.15) is 0 Å². The molecule has 2 unspecified atom stereocenters. The molecule has 114 valence electrons. The molecule has 1 fully saturated rings. The van der Waals surface area contributed by atoms with Gasteiger partial charge in [0.15, 0.2) is 0 Å². The van der Waals surface area contributed by atoms with Crippen LogP contribution in [0, 0.1) is 0 Å². The first-order valence-corrected chi connectivity index (χ1v) is 7.59. The molecule has 2 aliphatic rings. The van der Waals surface area contributed by atoms with E-state index in [0.29, 0.717) is 6.42 Å². The predicted octanol–water partition coefficient (Wildman–Crippen LogP) is 1.51. The van der Waals surface area contributed by atoms with E-state index in [0.717, 1.165) is 30.6 Å². The highest BCUT2D eigenvalue weighted by Crippen LogP contribution is 2.31. The van der Waals surface area contributed by atoms with E-state index in [4.69, 9.17) is 4.74 Å². The summed E-state index contributed by atoms with van der Waals surface area (Å²) in [6, 6.07) is 7.22. The quantitative estimate of drug-likeness (QED) is 0.790. The number of benzene rings is 1. The number of carbonyl (C=O) groups is 1. The van der Waals surface area contributed by atoms with Crippen molar-refractivity contribution in [2.24, 2.45) is 0 Å². The molecular weight excluding hydrogens is 268 g/mol. The van der Waals surface area contributed by atoms with Crippen molar-refractivity contribution in [1.82, 2.24) is 10.6 Å². The van der Waals surface area contributed by atoms with Crippen LogP contribution >= 0.6 is 0 Å². The number of hydrogen-bond donors (Lipinski definition) is 3. The smallest absolute Gasteiger partial charge is 0.315 e. The van der Waals surface area contributed by atoms with Crippen molar-refractivity contribution in [2.45, 2.75) is 50.5 Å². The van der Waals surface area contributed by atoms with Crippen molar-refractivity contribution < 1.29 is 14.6 Å². The molecule has 0 bridgehead atoms. The molecule has 0 spiro atoms. The Kier molecular flexibility index (Phi) is 4.12. The van der Waals surface area contributed by atoms with Crippen molar-refractivity contribution in [2.75, 3.05) is 6.61 Å². The molecule has 0 aromatic heterocycles. The van der Waals surface area contributed by atoms with Crippen LogP contribution in [0.4, 0.5) is 4.79 Å². The number of hydrogen-bond acceptors (Lipinski definition) is 3. The van der Waals surface area contributed by atoms with Gasteiger partial charge >= 0.3 is 6.03 Å². The monoisotopic (exact) mass is 290 g/mol. The van der Waals surface area contributed by atoms with Crippen molar-refractivity contribution in [3.05, 3.63) is 35.4 Å². The van der Waals surface area contributed by atoms with Crippen LogP contribution in [0.5, 0.6) is 0 Å². The summed E-state index contributed by atoms with van der Waals surface area (Å²) in [6.45, 7) is 2.72. The molecule has 3 rings (SSSR count). The van der Waals surface area contributed by atoms with Gasteiger partial charge in [-0.05, 0) is 30.9 Å². The topological polar surface area (TPSA) is 70.6 Å². The van der Waals surface area contributed by atoms with Crippen LogP contribution < -0.4 is 10.6 Å². The number of fused-ring (bicyclic) bond motifs is 1. The fourth-order valence-electron chi connectivity index (χ4n) is 3.23. The summed E-state index contributed by atoms with van der Waals surface area (Å²) in [5, 5.41) is 15.9. The molecule has 1 aliphatic heterocycles. The minimum absolute atomic E-state index is 0.0266. The lowest BCUT2D eigenvalue weighted by Crippen LogP contribution is -2.48. The van der Waals surface area contributed by atoms with Gasteiger partial charge in [-0.3, -0.25) is 0 Å². The largest absolute Gasteiger partial charge is 0.390 e. The molecule has 1 heterocycles. The third kappa shape index (κ3) is 3.04. The first-order chi connectivity index (χ1) is 10.1. The Morgan fingerprint density at radius 3 is 3.00 bits per heavy atom. The first kappa shape index (κ1) is 14.4. The molecule has 4 atom stereocenters. The maximum atomic E-state index is 12.1. The van der Waals surface area contributed by atoms with Crippen LogP contribution in [0.2, 0.25) is 0 Å². The normalized spacial score (nSPS) is 29.0. The van der Waals surface area contributed by atoms with E-state index >= 15 is 0 Å². The zero-order valence-corrected chi connectivity index (χ0v) is 12.2. The lowest BCUT2D eigenvalue weighted by molar-refractivity contribution is 0.0849. The van der Waals surface area contributed by atoms with Crippen molar-refractivity contribution in [3.8, 4) is 0 Å².